The SMILES string of the molecule is CC(C)(C)OC(=O)N1CC[C@@H](Oc2ccc(-c3ccnc(Cc4ccc(CO)nc4)n3)cc2C#N)C1. The van der Waals surface area contributed by atoms with Crippen molar-refractivity contribution in [2.45, 2.75) is 51.9 Å². The van der Waals surface area contributed by atoms with Crippen molar-refractivity contribution < 1.29 is 19.4 Å². The lowest BCUT2D eigenvalue weighted by molar-refractivity contribution is 0.0275. The van der Waals surface area contributed by atoms with Gasteiger partial charge in [-0.3, -0.25) is 4.98 Å². The number of amides is 1. The molecule has 1 aromatic carbocycles. The molecule has 3 heterocycles. The Balaban J connectivity index is 1.44. The van der Waals surface area contributed by atoms with Gasteiger partial charge in [0.1, 0.15) is 29.3 Å². The van der Waals surface area contributed by atoms with Crippen LogP contribution in [0.3, 0.4) is 0 Å². The number of nitrogens with zero attached hydrogens (tertiary/aromatic N) is 5. The molecule has 1 saturated heterocycles. The number of pyridine rings is 1. The van der Waals surface area contributed by atoms with Crippen molar-refractivity contribution in [3.05, 3.63) is 71.4 Å². The summed E-state index contributed by atoms with van der Waals surface area (Å²) in [7, 11) is 0. The lowest BCUT2D eigenvalue weighted by atomic mass is 10.1. The molecule has 0 spiro atoms. The van der Waals surface area contributed by atoms with Crippen LogP contribution in [0.1, 0.15) is 49.8 Å². The molecule has 1 aliphatic rings. The molecule has 1 N–H and O–H groups in total. The zero-order chi connectivity index (χ0) is 25.7. The topological polar surface area (TPSA) is 121 Å². The molecule has 0 saturated carbocycles. The molecule has 9 heteroatoms. The Morgan fingerprint density at radius 2 is 2.06 bits per heavy atom. The van der Waals surface area contributed by atoms with E-state index in [1.54, 1.807) is 41.6 Å². The molecule has 1 aliphatic heterocycles. The summed E-state index contributed by atoms with van der Waals surface area (Å²) in [4.78, 5) is 27.2. The van der Waals surface area contributed by atoms with Crippen LogP contribution < -0.4 is 4.74 Å². The third-order valence-corrected chi connectivity index (χ3v) is 5.60. The molecule has 1 fully saturated rings. The number of hydrogen-bond donors (Lipinski definition) is 1. The summed E-state index contributed by atoms with van der Waals surface area (Å²) >= 11 is 0. The Hall–Kier alpha value is -4.03. The summed E-state index contributed by atoms with van der Waals surface area (Å²) < 4.78 is 11.5. The lowest BCUT2D eigenvalue weighted by Gasteiger charge is -2.24. The Labute approximate surface area is 210 Å². The van der Waals surface area contributed by atoms with Crippen LogP contribution in [0.5, 0.6) is 5.75 Å². The van der Waals surface area contributed by atoms with Gasteiger partial charge in [0.25, 0.3) is 0 Å². The highest BCUT2D eigenvalue weighted by molar-refractivity contribution is 5.68. The smallest absolute Gasteiger partial charge is 0.410 e. The van der Waals surface area contributed by atoms with E-state index in [0.717, 1.165) is 11.1 Å². The van der Waals surface area contributed by atoms with E-state index in [4.69, 9.17) is 14.6 Å². The molecule has 3 aromatic rings. The van der Waals surface area contributed by atoms with Crippen molar-refractivity contribution in [2.24, 2.45) is 0 Å². The first-order valence-electron chi connectivity index (χ1n) is 11.8. The van der Waals surface area contributed by atoms with Gasteiger partial charge in [-0.1, -0.05) is 6.07 Å². The second kappa shape index (κ2) is 10.7. The standard InChI is InChI=1S/C27H29N5O4/c1-27(2,3)36-26(34)32-11-9-22(16-32)35-24-7-5-19(13-20(24)14-28)23-8-10-29-25(31-23)12-18-4-6-21(17-33)30-15-18/h4-8,10,13,15,22,33H,9,11-12,16-17H2,1-3H3/t22-/m1/s1. The number of hydrogen-bond acceptors (Lipinski definition) is 8. The van der Waals surface area contributed by atoms with Crippen LogP contribution in [-0.2, 0) is 17.8 Å². The molecule has 4 rings (SSSR count). The maximum absolute atomic E-state index is 12.3. The number of likely N-dealkylation sites (tertiary alicyclic amines) is 1. The fraction of sp³-hybridized carbons (Fsp3) is 0.370. The normalized spacial score (nSPS) is 15.4. The third kappa shape index (κ3) is 6.34. The van der Waals surface area contributed by atoms with Gasteiger partial charge >= 0.3 is 6.09 Å². The van der Waals surface area contributed by atoms with Crippen LogP contribution in [-0.4, -0.2) is 55.8 Å². The second-order valence-corrected chi connectivity index (χ2v) is 9.63. The first-order valence-corrected chi connectivity index (χ1v) is 11.8. The van der Waals surface area contributed by atoms with Crippen molar-refractivity contribution in [3.63, 3.8) is 0 Å². The van der Waals surface area contributed by atoms with Crippen molar-refractivity contribution in [1.29, 1.82) is 5.26 Å². The number of carbonyl (C=O) groups excluding carboxylic acids is 1. The van der Waals surface area contributed by atoms with Gasteiger partial charge < -0.3 is 19.5 Å². The van der Waals surface area contributed by atoms with Crippen LogP contribution in [0.15, 0.2) is 48.8 Å². The molecule has 1 atom stereocenters. The maximum Gasteiger partial charge on any atom is 0.410 e. The highest BCUT2D eigenvalue weighted by atomic mass is 16.6. The van der Waals surface area contributed by atoms with Crippen LogP contribution in [0.25, 0.3) is 11.3 Å². The summed E-state index contributed by atoms with van der Waals surface area (Å²) in [6, 6.07) is 13.0. The van der Waals surface area contributed by atoms with Gasteiger partial charge in [0.2, 0.25) is 0 Å². The van der Waals surface area contributed by atoms with E-state index in [1.165, 1.54) is 0 Å². The summed E-state index contributed by atoms with van der Waals surface area (Å²) in [5.74, 6) is 1.10. The van der Waals surface area contributed by atoms with E-state index in [0.29, 0.717) is 54.5 Å². The van der Waals surface area contributed by atoms with Crippen molar-refractivity contribution in [1.82, 2.24) is 19.9 Å². The Bertz CT molecular complexity index is 1260. The van der Waals surface area contributed by atoms with E-state index in [9.17, 15) is 10.1 Å². The highest BCUT2D eigenvalue weighted by Gasteiger charge is 2.31. The fourth-order valence-electron chi connectivity index (χ4n) is 3.86. The largest absolute Gasteiger partial charge is 0.487 e. The quantitative estimate of drug-likeness (QED) is 0.556. The number of ether oxygens (including phenoxy) is 2. The van der Waals surface area contributed by atoms with E-state index >= 15 is 0 Å². The molecule has 186 valence electrons. The summed E-state index contributed by atoms with van der Waals surface area (Å²) in [6.45, 7) is 6.36. The Morgan fingerprint density at radius 3 is 2.75 bits per heavy atom. The minimum Gasteiger partial charge on any atom is -0.487 e. The lowest BCUT2D eigenvalue weighted by Crippen LogP contribution is -2.36. The number of benzene rings is 1. The van der Waals surface area contributed by atoms with Crippen molar-refractivity contribution in [2.75, 3.05) is 13.1 Å². The molecular weight excluding hydrogens is 458 g/mol. The average Bonchev–Trinajstić information content (AvgIpc) is 3.33. The number of aliphatic hydroxyl groups is 1. The van der Waals surface area contributed by atoms with Crippen LogP contribution in [0, 0.1) is 11.3 Å². The van der Waals surface area contributed by atoms with Crippen molar-refractivity contribution in [3.8, 4) is 23.1 Å². The maximum atomic E-state index is 12.3. The van der Waals surface area contributed by atoms with E-state index in [-0.39, 0.29) is 18.8 Å². The number of aliphatic hydroxyl groups excluding tert-OH is 1. The molecular formula is C27H29N5O4. The van der Waals surface area contributed by atoms with E-state index < -0.39 is 5.60 Å². The minimum absolute atomic E-state index is 0.101. The first kappa shape index (κ1) is 25.1. The van der Waals surface area contributed by atoms with Gasteiger partial charge in [0.05, 0.1) is 30.1 Å². The summed E-state index contributed by atoms with van der Waals surface area (Å²) in [5, 5.41) is 18.9. The van der Waals surface area contributed by atoms with Gasteiger partial charge in [-0.15, -0.1) is 0 Å². The highest BCUT2D eigenvalue weighted by Crippen LogP contribution is 2.28. The fourth-order valence-corrected chi connectivity index (χ4v) is 3.86. The van der Waals surface area contributed by atoms with Crippen LogP contribution in [0.2, 0.25) is 0 Å². The van der Waals surface area contributed by atoms with Gasteiger partial charge in [-0.05, 0) is 56.7 Å². The molecule has 0 radical (unpaired) electrons. The summed E-state index contributed by atoms with van der Waals surface area (Å²) in [6.07, 6.45) is 3.97. The molecule has 0 bridgehead atoms. The summed E-state index contributed by atoms with van der Waals surface area (Å²) in [5.41, 5.74) is 2.85. The number of nitriles is 1. The van der Waals surface area contributed by atoms with Crippen LogP contribution in [0.4, 0.5) is 4.79 Å². The average molecular weight is 488 g/mol. The number of aromatic nitrogens is 3. The van der Waals surface area contributed by atoms with E-state index in [2.05, 4.69) is 21.0 Å². The van der Waals surface area contributed by atoms with Crippen LogP contribution >= 0.6 is 0 Å². The predicted molar refractivity (Wildman–Crippen MR) is 132 cm³/mol. The number of rotatable bonds is 6. The van der Waals surface area contributed by atoms with Crippen molar-refractivity contribution >= 4 is 6.09 Å². The second-order valence-electron chi connectivity index (χ2n) is 9.63. The molecule has 9 nitrogen and oxygen atoms in total. The minimum atomic E-state index is -0.553. The molecule has 0 unspecified atom stereocenters. The number of carbonyl (C=O) groups is 1. The van der Waals surface area contributed by atoms with Gasteiger partial charge in [-0.2, -0.15) is 5.26 Å². The molecule has 0 aliphatic carbocycles. The zero-order valence-electron chi connectivity index (χ0n) is 20.6. The molecule has 36 heavy (non-hydrogen) atoms. The zero-order valence-corrected chi connectivity index (χ0v) is 20.6. The van der Waals surface area contributed by atoms with Gasteiger partial charge in [-0.25, -0.2) is 14.8 Å². The van der Waals surface area contributed by atoms with E-state index in [1.807, 2.05) is 32.9 Å². The Morgan fingerprint density at radius 1 is 1.22 bits per heavy atom. The van der Waals surface area contributed by atoms with Gasteiger partial charge in [0, 0.05) is 37.3 Å². The Kier molecular flexibility index (Phi) is 7.46. The molecule has 2 aromatic heterocycles. The first-order chi connectivity index (χ1) is 17.2. The predicted octanol–water partition coefficient (Wildman–Crippen LogP) is 3.88. The monoisotopic (exact) mass is 487 g/mol. The molecule has 1 amide bonds. The third-order valence-electron chi connectivity index (χ3n) is 5.60. The van der Waals surface area contributed by atoms with Gasteiger partial charge in [0.15, 0.2) is 0 Å².